The lowest BCUT2D eigenvalue weighted by molar-refractivity contribution is -0.288. The molecule has 1 aromatic carbocycles. The summed E-state index contributed by atoms with van der Waals surface area (Å²) in [6, 6.07) is 2.86. The van der Waals surface area contributed by atoms with Gasteiger partial charge in [0.2, 0.25) is 0 Å². The number of benzene rings is 1. The highest BCUT2D eigenvalue weighted by atomic mass is 79.9. The maximum atomic E-state index is 13.9. The summed E-state index contributed by atoms with van der Waals surface area (Å²) in [6.07, 6.45) is 1.78. The fraction of sp³-hybridized carbons (Fsp3) is 0.600. The monoisotopic (exact) mass is 470 g/mol. The van der Waals surface area contributed by atoms with E-state index in [-0.39, 0.29) is 10.3 Å². The molecule has 3 fully saturated rings. The van der Waals surface area contributed by atoms with Gasteiger partial charge < -0.3 is 9.57 Å². The minimum absolute atomic E-state index is 0.210. The van der Waals surface area contributed by atoms with Crippen molar-refractivity contribution in [2.75, 3.05) is 26.8 Å². The van der Waals surface area contributed by atoms with Crippen molar-refractivity contribution < 1.29 is 28.4 Å². The summed E-state index contributed by atoms with van der Waals surface area (Å²) in [5.74, 6) is -2.09. The van der Waals surface area contributed by atoms with Gasteiger partial charge in [-0.1, -0.05) is 0 Å². The van der Waals surface area contributed by atoms with Crippen molar-refractivity contribution in [3.8, 4) is 0 Å². The average Bonchev–Trinajstić information content (AvgIpc) is 3.28. The Bertz CT molecular complexity index is 821. The Kier molecular flexibility index (Phi) is 5.78. The third-order valence-corrected chi connectivity index (χ3v) is 6.70. The number of hydroxylamine groups is 4. The van der Waals surface area contributed by atoms with Gasteiger partial charge in [-0.2, -0.15) is 5.06 Å². The molecule has 2 unspecified atom stereocenters. The van der Waals surface area contributed by atoms with Gasteiger partial charge in [0.15, 0.2) is 12.1 Å². The molecule has 4 rings (SSSR count). The van der Waals surface area contributed by atoms with Gasteiger partial charge in [-0.05, 0) is 65.4 Å². The van der Waals surface area contributed by atoms with Crippen molar-refractivity contribution in [1.29, 1.82) is 0 Å². The standard InChI is InChI=1S/C20H24BrFN2O5/c1-12-10-15(22)14(21)11-13(12)17-18(25)20(5-7-23(27-2)8-6-20)24(19(17)26)29-16-4-3-9-28-16/h10-11,16-17H,3-9H2,1-2H3. The number of ether oxygens (including phenoxy) is 1. The summed E-state index contributed by atoms with van der Waals surface area (Å²) in [4.78, 5) is 38.4. The summed E-state index contributed by atoms with van der Waals surface area (Å²) in [5, 5.41) is 3.03. The van der Waals surface area contributed by atoms with Crippen molar-refractivity contribution in [2.24, 2.45) is 0 Å². The molecule has 3 aliphatic rings. The molecule has 158 valence electrons. The van der Waals surface area contributed by atoms with E-state index in [0.29, 0.717) is 50.1 Å². The number of piperidine rings is 1. The number of rotatable bonds is 4. The molecule has 1 spiro atoms. The number of nitrogens with zero attached hydrogens (tertiary/aromatic N) is 2. The molecule has 7 nitrogen and oxygen atoms in total. The van der Waals surface area contributed by atoms with Gasteiger partial charge in [0.1, 0.15) is 17.3 Å². The number of halogens is 2. The highest BCUT2D eigenvalue weighted by molar-refractivity contribution is 9.10. The van der Waals surface area contributed by atoms with E-state index in [4.69, 9.17) is 14.4 Å². The SMILES string of the molecule is CON1CCC2(CC1)C(=O)C(c1cc(Br)c(F)cc1C)C(=O)N2OC1CCCO1. The number of carbonyl (C=O) groups excluding carboxylic acids is 2. The molecule has 9 heteroatoms. The maximum Gasteiger partial charge on any atom is 0.262 e. The van der Waals surface area contributed by atoms with Crippen LogP contribution in [0.3, 0.4) is 0 Å². The second-order valence-corrected chi connectivity index (χ2v) is 8.60. The van der Waals surface area contributed by atoms with Gasteiger partial charge in [-0.15, -0.1) is 0 Å². The van der Waals surface area contributed by atoms with Gasteiger partial charge in [0.25, 0.3) is 5.91 Å². The van der Waals surface area contributed by atoms with Crippen molar-refractivity contribution in [1.82, 2.24) is 10.1 Å². The Morgan fingerprint density at radius 1 is 1.28 bits per heavy atom. The van der Waals surface area contributed by atoms with Crippen LogP contribution >= 0.6 is 15.9 Å². The van der Waals surface area contributed by atoms with Crippen LogP contribution in [0.1, 0.15) is 42.7 Å². The third kappa shape index (κ3) is 3.53. The van der Waals surface area contributed by atoms with Gasteiger partial charge in [0.05, 0.1) is 18.2 Å². The summed E-state index contributed by atoms with van der Waals surface area (Å²) >= 11 is 3.17. The van der Waals surface area contributed by atoms with Gasteiger partial charge in [-0.25, -0.2) is 14.3 Å². The molecule has 3 heterocycles. The van der Waals surface area contributed by atoms with E-state index >= 15 is 0 Å². The Labute approximate surface area is 177 Å². The van der Waals surface area contributed by atoms with Crippen molar-refractivity contribution in [3.05, 3.63) is 33.5 Å². The van der Waals surface area contributed by atoms with Crippen LogP contribution in [0.2, 0.25) is 0 Å². The largest absolute Gasteiger partial charge is 0.350 e. The van der Waals surface area contributed by atoms with Crippen LogP contribution in [0.4, 0.5) is 4.39 Å². The van der Waals surface area contributed by atoms with Gasteiger partial charge in [0, 0.05) is 19.5 Å². The van der Waals surface area contributed by atoms with E-state index < -0.39 is 29.5 Å². The van der Waals surface area contributed by atoms with Gasteiger partial charge in [-0.3, -0.25) is 9.59 Å². The van der Waals surface area contributed by atoms with Crippen LogP contribution in [-0.2, 0) is 24.0 Å². The van der Waals surface area contributed by atoms with Crippen LogP contribution in [0.25, 0.3) is 0 Å². The third-order valence-electron chi connectivity index (χ3n) is 6.10. The molecule has 0 aromatic heterocycles. The van der Waals surface area contributed by atoms with Gasteiger partial charge >= 0.3 is 0 Å². The Morgan fingerprint density at radius 2 is 2.00 bits per heavy atom. The summed E-state index contributed by atoms with van der Waals surface area (Å²) < 4.78 is 19.7. The molecule has 2 atom stereocenters. The molecule has 0 radical (unpaired) electrons. The first kappa shape index (κ1) is 20.9. The lowest BCUT2D eigenvalue weighted by Crippen LogP contribution is -2.56. The lowest BCUT2D eigenvalue weighted by atomic mass is 9.80. The molecule has 3 aliphatic heterocycles. The summed E-state index contributed by atoms with van der Waals surface area (Å²) in [6.45, 7) is 3.27. The molecule has 29 heavy (non-hydrogen) atoms. The lowest BCUT2D eigenvalue weighted by Gasteiger charge is -2.42. The van der Waals surface area contributed by atoms with Crippen LogP contribution in [0, 0.1) is 12.7 Å². The predicted molar refractivity (Wildman–Crippen MR) is 104 cm³/mol. The smallest absolute Gasteiger partial charge is 0.262 e. The first-order valence-corrected chi connectivity index (χ1v) is 10.6. The summed E-state index contributed by atoms with van der Waals surface area (Å²) in [7, 11) is 1.59. The summed E-state index contributed by atoms with van der Waals surface area (Å²) in [5.41, 5.74) is -0.0168. The second-order valence-electron chi connectivity index (χ2n) is 7.74. The fourth-order valence-electron chi connectivity index (χ4n) is 4.45. The second kappa shape index (κ2) is 8.03. The Hall–Kier alpha value is -1.39. The number of carbonyl (C=O) groups is 2. The minimum Gasteiger partial charge on any atom is -0.350 e. The number of hydrogen-bond donors (Lipinski definition) is 0. The van der Waals surface area contributed by atoms with Crippen LogP contribution in [0.5, 0.6) is 0 Å². The van der Waals surface area contributed by atoms with E-state index in [1.807, 2.05) is 0 Å². The van der Waals surface area contributed by atoms with E-state index in [0.717, 1.165) is 6.42 Å². The average molecular weight is 471 g/mol. The Morgan fingerprint density at radius 3 is 2.62 bits per heavy atom. The number of aryl methyl sites for hydroxylation is 1. The maximum absolute atomic E-state index is 13.9. The molecule has 1 aromatic rings. The quantitative estimate of drug-likeness (QED) is 0.630. The molecular formula is C20H24BrFN2O5. The number of ketones is 1. The van der Waals surface area contributed by atoms with Crippen LogP contribution in [0.15, 0.2) is 16.6 Å². The van der Waals surface area contributed by atoms with E-state index in [1.54, 1.807) is 19.1 Å². The molecule has 0 saturated carbocycles. The number of amides is 1. The fourth-order valence-corrected chi connectivity index (χ4v) is 4.81. The first-order chi connectivity index (χ1) is 13.9. The van der Waals surface area contributed by atoms with Crippen molar-refractivity contribution in [3.63, 3.8) is 0 Å². The zero-order valence-electron chi connectivity index (χ0n) is 16.5. The highest BCUT2D eigenvalue weighted by Gasteiger charge is 2.61. The van der Waals surface area contributed by atoms with Crippen molar-refractivity contribution in [2.45, 2.75) is 50.4 Å². The molecule has 0 N–H and O–H groups in total. The zero-order chi connectivity index (χ0) is 20.8. The minimum atomic E-state index is -1.07. The number of hydrogen-bond acceptors (Lipinski definition) is 6. The number of Topliss-reactive ketones (excluding diaryl/α,β-unsaturated/α-hetero) is 1. The topological polar surface area (TPSA) is 68.3 Å². The van der Waals surface area contributed by atoms with E-state index in [9.17, 15) is 14.0 Å². The normalized spacial score (nSPS) is 27.4. The first-order valence-electron chi connectivity index (χ1n) is 9.79. The molecule has 0 bridgehead atoms. The van der Waals surface area contributed by atoms with Crippen molar-refractivity contribution >= 4 is 27.6 Å². The highest BCUT2D eigenvalue weighted by Crippen LogP contribution is 2.45. The predicted octanol–water partition coefficient (Wildman–Crippen LogP) is 2.86. The molecule has 0 aliphatic carbocycles. The Balaban J connectivity index is 1.72. The molecule has 3 saturated heterocycles. The molecular weight excluding hydrogens is 447 g/mol. The molecule has 1 amide bonds. The van der Waals surface area contributed by atoms with Crippen LogP contribution in [-0.4, -0.2) is 60.5 Å². The van der Waals surface area contributed by atoms with E-state index in [2.05, 4.69) is 15.9 Å². The van der Waals surface area contributed by atoms with E-state index in [1.165, 1.54) is 17.2 Å². The van der Waals surface area contributed by atoms with Crippen LogP contribution < -0.4 is 0 Å². The zero-order valence-corrected chi connectivity index (χ0v) is 18.0.